The third-order valence-corrected chi connectivity index (χ3v) is 1.98. The molecular formula is C10H10N2O. The minimum Gasteiger partial charge on any atom is -0.488 e. The van der Waals surface area contributed by atoms with Gasteiger partial charge in [-0.1, -0.05) is 18.2 Å². The van der Waals surface area contributed by atoms with Gasteiger partial charge in [-0.2, -0.15) is 0 Å². The van der Waals surface area contributed by atoms with Crippen LogP contribution in [0.5, 0.6) is 5.75 Å². The normalized spacial score (nSPS) is 14.0. The number of nitrogens with two attached hydrogens (primary N) is 1. The first-order chi connectivity index (χ1) is 6.27. The molecule has 0 bridgehead atoms. The lowest BCUT2D eigenvalue weighted by atomic mass is 10.1. The first-order valence-corrected chi connectivity index (χ1v) is 4.04. The van der Waals surface area contributed by atoms with Crippen molar-refractivity contribution in [1.82, 2.24) is 0 Å². The Morgan fingerprint density at radius 2 is 2.15 bits per heavy atom. The maximum atomic E-state index is 7.26. The number of amidine groups is 1. The number of rotatable bonds is 1. The van der Waals surface area contributed by atoms with E-state index in [1.165, 1.54) is 0 Å². The van der Waals surface area contributed by atoms with Gasteiger partial charge in [-0.15, -0.1) is 0 Å². The van der Waals surface area contributed by atoms with Gasteiger partial charge in [-0.25, -0.2) is 0 Å². The minimum atomic E-state index is 0.0782. The van der Waals surface area contributed by atoms with Gasteiger partial charge in [-0.3, -0.25) is 5.41 Å². The lowest BCUT2D eigenvalue weighted by molar-refractivity contribution is 0.353. The molecule has 1 heterocycles. The van der Waals surface area contributed by atoms with Gasteiger partial charge in [0.2, 0.25) is 0 Å². The standard InChI is InChI=1S/C10H10N2O/c11-10(12)8-5-7-3-1-2-4-9(7)13-6-8/h1-5H,6H2,(H3,11,12). The van der Waals surface area contributed by atoms with Crippen molar-refractivity contribution in [3.05, 3.63) is 35.4 Å². The highest BCUT2D eigenvalue weighted by Crippen LogP contribution is 2.25. The van der Waals surface area contributed by atoms with E-state index >= 15 is 0 Å². The van der Waals surface area contributed by atoms with Gasteiger partial charge in [-0.05, 0) is 12.1 Å². The van der Waals surface area contributed by atoms with Crippen LogP contribution in [0.25, 0.3) is 6.08 Å². The molecule has 0 radical (unpaired) electrons. The van der Waals surface area contributed by atoms with Crippen LogP contribution in [-0.4, -0.2) is 12.4 Å². The summed E-state index contributed by atoms with van der Waals surface area (Å²) in [6.07, 6.45) is 1.89. The Morgan fingerprint density at radius 1 is 1.38 bits per heavy atom. The van der Waals surface area contributed by atoms with Crippen molar-refractivity contribution in [2.45, 2.75) is 0 Å². The second-order valence-electron chi connectivity index (χ2n) is 2.91. The third kappa shape index (κ3) is 1.40. The Balaban J connectivity index is 2.44. The van der Waals surface area contributed by atoms with E-state index in [1.807, 2.05) is 30.3 Å². The largest absolute Gasteiger partial charge is 0.488 e. The van der Waals surface area contributed by atoms with Crippen LogP contribution in [0.3, 0.4) is 0 Å². The molecule has 1 aliphatic rings. The quantitative estimate of drug-likeness (QED) is 0.499. The molecule has 0 aromatic heterocycles. The molecule has 1 aromatic rings. The van der Waals surface area contributed by atoms with Crippen LogP contribution in [0, 0.1) is 5.41 Å². The molecule has 2 rings (SSSR count). The summed E-state index contributed by atoms with van der Waals surface area (Å²) < 4.78 is 5.41. The summed E-state index contributed by atoms with van der Waals surface area (Å²) in [6.45, 7) is 0.395. The molecule has 0 spiro atoms. The van der Waals surface area contributed by atoms with Gasteiger partial charge in [0, 0.05) is 11.1 Å². The molecule has 0 saturated carbocycles. The van der Waals surface area contributed by atoms with Gasteiger partial charge in [0.05, 0.1) is 0 Å². The molecule has 66 valence electrons. The van der Waals surface area contributed by atoms with E-state index in [0.717, 1.165) is 16.9 Å². The average molecular weight is 174 g/mol. The number of para-hydroxylation sites is 1. The number of hydrogen-bond acceptors (Lipinski definition) is 2. The smallest absolute Gasteiger partial charge is 0.127 e. The number of hydrogen-bond donors (Lipinski definition) is 2. The summed E-state index contributed by atoms with van der Waals surface area (Å²) in [5.41, 5.74) is 7.08. The Bertz CT molecular complexity index is 382. The van der Waals surface area contributed by atoms with E-state index in [2.05, 4.69) is 0 Å². The lowest BCUT2D eigenvalue weighted by Crippen LogP contribution is -2.20. The van der Waals surface area contributed by atoms with Crippen molar-refractivity contribution in [1.29, 1.82) is 5.41 Å². The fourth-order valence-electron chi connectivity index (χ4n) is 1.27. The van der Waals surface area contributed by atoms with E-state index in [4.69, 9.17) is 15.9 Å². The van der Waals surface area contributed by atoms with Crippen molar-refractivity contribution in [3.8, 4) is 5.75 Å². The Hall–Kier alpha value is -1.77. The minimum absolute atomic E-state index is 0.0782. The molecule has 13 heavy (non-hydrogen) atoms. The summed E-state index contributed by atoms with van der Waals surface area (Å²) in [5, 5.41) is 7.26. The highest BCUT2D eigenvalue weighted by Gasteiger charge is 2.11. The van der Waals surface area contributed by atoms with Crippen LogP contribution in [0.15, 0.2) is 29.8 Å². The number of fused-ring (bicyclic) bond motifs is 1. The van der Waals surface area contributed by atoms with Crippen LogP contribution in [0.4, 0.5) is 0 Å². The van der Waals surface area contributed by atoms with Gasteiger partial charge >= 0.3 is 0 Å². The predicted molar refractivity (Wildman–Crippen MR) is 51.8 cm³/mol. The number of benzene rings is 1. The Morgan fingerprint density at radius 3 is 2.92 bits per heavy atom. The summed E-state index contributed by atoms with van der Waals surface area (Å²) in [4.78, 5) is 0. The number of ether oxygens (including phenoxy) is 1. The van der Waals surface area contributed by atoms with E-state index < -0.39 is 0 Å². The third-order valence-electron chi connectivity index (χ3n) is 1.98. The molecule has 3 heteroatoms. The summed E-state index contributed by atoms with van der Waals surface area (Å²) in [5.74, 6) is 0.932. The second kappa shape index (κ2) is 2.94. The molecule has 0 unspecified atom stereocenters. The first kappa shape index (κ1) is 7.86. The van der Waals surface area contributed by atoms with E-state index in [0.29, 0.717) is 6.61 Å². The van der Waals surface area contributed by atoms with Crippen LogP contribution in [0.2, 0.25) is 0 Å². The monoisotopic (exact) mass is 174 g/mol. The highest BCUT2D eigenvalue weighted by atomic mass is 16.5. The molecule has 0 amide bonds. The highest BCUT2D eigenvalue weighted by molar-refractivity contribution is 5.99. The fraction of sp³-hybridized carbons (Fsp3) is 0.100. The molecular weight excluding hydrogens is 164 g/mol. The van der Waals surface area contributed by atoms with E-state index in [-0.39, 0.29) is 5.84 Å². The Labute approximate surface area is 76.3 Å². The molecule has 3 N–H and O–H groups in total. The maximum Gasteiger partial charge on any atom is 0.127 e. The molecule has 0 saturated heterocycles. The first-order valence-electron chi connectivity index (χ1n) is 4.04. The average Bonchev–Trinajstić information content (AvgIpc) is 2.17. The zero-order valence-corrected chi connectivity index (χ0v) is 7.08. The van der Waals surface area contributed by atoms with E-state index in [1.54, 1.807) is 0 Å². The molecule has 1 aliphatic heterocycles. The summed E-state index contributed by atoms with van der Waals surface area (Å²) >= 11 is 0. The lowest BCUT2D eigenvalue weighted by Gasteiger charge is -2.16. The second-order valence-corrected chi connectivity index (χ2v) is 2.91. The van der Waals surface area contributed by atoms with Crippen LogP contribution in [-0.2, 0) is 0 Å². The summed E-state index contributed by atoms with van der Waals surface area (Å²) in [6, 6.07) is 7.70. The van der Waals surface area contributed by atoms with Crippen molar-refractivity contribution < 1.29 is 4.74 Å². The van der Waals surface area contributed by atoms with Gasteiger partial charge < -0.3 is 10.5 Å². The van der Waals surface area contributed by atoms with Crippen molar-refractivity contribution in [2.24, 2.45) is 5.73 Å². The van der Waals surface area contributed by atoms with E-state index in [9.17, 15) is 0 Å². The zero-order valence-electron chi connectivity index (χ0n) is 7.08. The predicted octanol–water partition coefficient (Wildman–Crippen LogP) is 1.40. The fourth-order valence-corrected chi connectivity index (χ4v) is 1.27. The van der Waals surface area contributed by atoms with Crippen molar-refractivity contribution in [2.75, 3.05) is 6.61 Å². The molecule has 0 fully saturated rings. The van der Waals surface area contributed by atoms with Crippen LogP contribution >= 0.6 is 0 Å². The SMILES string of the molecule is N=C(N)C1=Cc2ccccc2OC1. The molecule has 0 aliphatic carbocycles. The number of nitrogens with one attached hydrogen (secondary N) is 1. The van der Waals surface area contributed by atoms with Crippen LogP contribution in [0.1, 0.15) is 5.56 Å². The summed E-state index contributed by atoms with van der Waals surface area (Å²) in [7, 11) is 0. The topological polar surface area (TPSA) is 59.1 Å². The zero-order chi connectivity index (χ0) is 9.26. The van der Waals surface area contributed by atoms with Gasteiger partial charge in [0.25, 0.3) is 0 Å². The van der Waals surface area contributed by atoms with Crippen molar-refractivity contribution in [3.63, 3.8) is 0 Å². The molecule has 0 atom stereocenters. The molecule has 1 aromatic carbocycles. The maximum absolute atomic E-state index is 7.26. The van der Waals surface area contributed by atoms with Gasteiger partial charge in [0.1, 0.15) is 18.2 Å². The van der Waals surface area contributed by atoms with Crippen molar-refractivity contribution >= 4 is 11.9 Å². The van der Waals surface area contributed by atoms with Crippen LogP contribution < -0.4 is 10.5 Å². The van der Waals surface area contributed by atoms with Gasteiger partial charge in [0.15, 0.2) is 0 Å². The molecule has 3 nitrogen and oxygen atoms in total. The Kier molecular flexibility index (Phi) is 1.77.